The second-order valence-electron chi connectivity index (χ2n) is 7.32. The third-order valence-corrected chi connectivity index (χ3v) is 5.42. The first-order valence-electron chi connectivity index (χ1n) is 10.0. The number of benzene rings is 2. The number of para-hydroxylation sites is 1. The van der Waals surface area contributed by atoms with Gasteiger partial charge in [0.15, 0.2) is 0 Å². The Kier molecular flexibility index (Phi) is 5.96. The Hall–Kier alpha value is -3.05. The lowest BCUT2D eigenvalue weighted by atomic mass is 9.94. The smallest absolute Gasteiger partial charge is 0.320 e. The highest BCUT2D eigenvalue weighted by Crippen LogP contribution is 2.38. The molecule has 1 saturated heterocycles. The van der Waals surface area contributed by atoms with Crippen LogP contribution >= 0.6 is 0 Å². The molecule has 4 rings (SSSR count). The topological polar surface area (TPSA) is 62.9 Å². The number of piperidine rings is 1. The predicted octanol–water partition coefficient (Wildman–Crippen LogP) is 4.89. The normalized spacial score (nSPS) is 18.3. The Balaban J connectivity index is 1.69. The maximum absolute atomic E-state index is 12.0. The molecule has 1 fully saturated rings. The van der Waals surface area contributed by atoms with Crippen LogP contribution in [0.25, 0.3) is 0 Å². The van der Waals surface area contributed by atoms with Crippen LogP contribution in [0.15, 0.2) is 77.4 Å². The zero-order valence-corrected chi connectivity index (χ0v) is 16.2. The number of likely N-dealkylation sites (tertiary alicyclic amines) is 1. The molecule has 150 valence electrons. The molecule has 5 heteroatoms. The number of ether oxygens (including phenoxy) is 1. The van der Waals surface area contributed by atoms with Crippen LogP contribution in [0.4, 0.5) is 0 Å². The quantitative estimate of drug-likeness (QED) is 0.621. The van der Waals surface area contributed by atoms with Crippen molar-refractivity contribution in [1.29, 1.82) is 0 Å². The van der Waals surface area contributed by atoms with Crippen molar-refractivity contribution >= 4 is 5.97 Å². The van der Waals surface area contributed by atoms with Gasteiger partial charge in [0, 0.05) is 12.1 Å². The first kappa shape index (κ1) is 19.3. The van der Waals surface area contributed by atoms with Crippen molar-refractivity contribution in [3.63, 3.8) is 0 Å². The zero-order chi connectivity index (χ0) is 20.1. The van der Waals surface area contributed by atoms with Crippen LogP contribution < -0.4 is 4.74 Å². The van der Waals surface area contributed by atoms with E-state index in [1.54, 1.807) is 6.26 Å². The van der Waals surface area contributed by atoms with Crippen molar-refractivity contribution in [2.75, 3.05) is 6.54 Å². The molecule has 2 heterocycles. The molecule has 0 aliphatic carbocycles. The SMILES string of the molecule is O=C(O)C1CCCCN1C(c1ccco1)c1ccccc1OCc1ccccc1. The van der Waals surface area contributed by atoms with E-state index < -0.39 is 12.0 Å². The Bertz CT molecular complexity index is 923. The van der Waals surface area contributed by atoms with Gasteiger partial charge < -0.3 is 14.3 Å². The van der Waals surface area contributed by atoms with Crippen molar-refractivity contribution in [2.24, 2.45) is 0 Å². The number of furan rings is 1. The van der Waals surface area contributed by atoms with E-state index in [9.17, 15) is 9.90 Å². The van der Waals surface area contributed by atoms with E-state index in [-0.39, 0.29) is 6.04 Å². The van der Waals surface area contributed by atoms with Gasteiger partial charge in [-0.1, -0.05) is 55.0 Å². The third kappa shape index (κ3) is 4.35. The molecule has 1 aromatic heterocycles. The Morgan fingerprint density at radius 1 is 1.07 bits per heavy atom. The maximum Gasteiger partial charge on any atom is 0.320 e. The molecular weight excluding hydrogens is 366 g/mol. The molecule has 0 radical (unpaired) electrons. The highest BCUT2D eigenvalue weighted by Gasteiger charge is 2.37. The summed E-state index contributed by atoms with van der Waals surface area (Å²) in [6.07, 6.45) is 4.16. The van der Waals surface area contributed by atoms with Crippen molar-refractivity contribution in [3.8, 4) is 5.75 Å². The van der Waals surface area contributed by atoms with E-state index >= 15 is 0 Å². The number of carbonyl (C=O) groups is 1. The summed E-state index contributed by atoms with van der Waals surface area (Å²) in [5, 5.41) is 9.82. The summed E-state index contributed by atoms with van der Waals surface area (Å²) in [4.78, 5) is 14.0. The fraction of sp³-hybridized carbons (Fsp3) is 0.292. The highest BCUT2D eigenvalue weighted by atomic mass is 16.5. The largest absolute Gasteiger partial charge is 0.489 e. The van der Waals surface area contributed by atoms with Gasteiger partial charge in [-0.15, -0.1) is 0 Å². The third-order valence-electron chi connectivity index (χ3n) is 5.42. The standard InChI is InChI=1S/C24H25NO4/c26-24(27)20-12-6-7-15-25(20)23(22-14-8-16-28-22)19-11-4-5-13-21(19)29-17-18-9-2-1-3-10-18/h1-5,8-11,13-14,16,20,23H,6-7,12,15,17H2,(H,26,27). The molecule has 2 unspecified atom stereocenters. The predicted molar refractivity (Wildman–Crippen MR) is 110 cm³/mol. The molecule has 5 nitrogen and oxygen atoms in total. The van der Waals surface area contributed by atoms with Crippen molar-refractivity contribution in [3.05, 3.63) is 89.9 Å². The van der Waals surface area contributed by atoms with Crippen molar-refractivity contribution in [1.82, 2.24) is 4.90 Å². The summed E-state index contributed by atoms with van der Waals surface area (Å²) in [6.45, 7) is 1.15. The van der Waals surface area contributed by atoms with E-state index in [2.05, 4.69) is 0 Å². The molecule has 1 aliphatic rings. The summed E-state index contributed by atoms with van der Waals surface area (Å²) in [7, 11) is 0. The fourth-order valence-corrected chi connectivity index (χ4v) is 4.04. The number of carboxylic acids is 1. The summed E-state index contributed by atoms with van der Waals surface area (Å²) >= 11 is 0. The number of rotatable bonds is 7. The van der Waals surface area contributed by atoms with Crippen molar-refractivity contribution < 1.29 is 19.1 Å². The van der Waals surface area contributed by atoms with Crippen LogP contribution in [0.1, 0.15) is 42.2 Å². The first-order chi connectivity index (χ1) is 14.2. The lowest BCUT2D eigenvalue weighted by Gasteiger charge is -2.38. The minimum atomic E-state index is -0.788. The summed E-state index contributed by atoms with van der Waals surface area (Å²) in [6, 6.07) is 20.7. The van der Waals surface area contributed by atoms with Gasteiger partial charge in [-0.2, -0.15) is 0 Å². The average Bonchev–Trinajstić information content (AvgIpc) is 3.29. The van der Waals surface area contributed by atoms with Crippen LogP contribution in [0.2, 0.25) is 0 Å². The van der Waals surface area contributed by atoms with Crippen LogP contribution in [0.5, 0.6) is 5.75 Å². The molecule has 0 saturated carbocycles. The molecule has 0 bridgehead atoms. The highest BCUT2D eigenvalue weighted by molar-refractivity contribution is 5.73. The monoisotopic (exact) mass is 391 g/mol. The summed E-state index contributed by atoms with van der Waals surface area (Å²) < 4.78 is 11.9. The zero-order valence-electron chi connectivity index (χ0n) is 16.2. The van der Waals surface area contributed by atoms with E-state index in [1.807, 2.05) is 71.6 Å². The van der Waals surface area contributed by atoms with Gasteiger partial charge in [0.2, 0.25) is 0 Å². The number of hydrogen-bond acceptors (Lipinski definition) is 4. The first-order valence-corrected chi connectivity index (χ1v) is 10.0. The Morgan fingerprint density at radius 2 is 1.86 bits per heavy atom. The minimum Gasteiger partial charge on any atom is -0.489 e. The molecular formula is C24H25NO4. The molecule has 2 aromatic carbocycles. The van der Waals surface area contributed by atoms with Crippen LogP contribution in [0.3, 0.4) is 0 Å². The molecule has 0 spiro atoms. The van der Waals surface area contributed by atoms with E-state index in [0.29, 0.717) is 19.6 Å². The summed E-state index contributed by atoms with van der Waals surface area (Å²) in [5.41, 5.74) is 2.00. The lowest BCUT2D eigenvalue weighted by Crippen LogP contribution is -2.46. The van der Waals surface area contributed by atoms with Crippen LogP contribution in [-0.4, -0.2) is 28.6 Å². The van der Waals surface area contributed by atoms with Crippen LogP contribution in [0, 0.1) is 0 Å². The molecule has 3 aromatic rings. The van der Waals surface area contributed by atoms with E-state index in [0.717, 1.165) is 35.5 Å². The number of aliphatic carboxylic acids is 1. The van der Waals surface area contributed by atoms with Crippen LogP contribution in [-0.2, 0) is 11.4 Å². The molecule has 1 aliphatic heterocycles. The van der Waals surface area contributed by atoms with Gasteiger partial charge in [-0.3, -0.25) is 9.69 Å². The second kappa shape index (κ2) is 8.97. The molecule has 29 heavy (non-hydrogen) atoms. The fourth-order valence-electron chi connectivity index (χ4n) is 4.04. The van der Waals surface area contributed by atoms with E-state index in [4.69, 9.17) is 9.15 Å². The van der Waals surface area contributed by atoms with Crippen molar-refractivity contribution in [2.45, 2.75) is 38.0 Å². The lowest BCUT2D eigenvalue weighted by molar-refractivity contribution is -0.145. The number of hydrogen-bond donors (Lipinski definition) is 1. The Morgan fingerprint density at radius 3 is 2.62 bits per heavy atom. The van der Waals surface area contributed by atoms with E-state index in [1.165, 1.54) is 0 Å². The van der Waals surface area contributed by atoms with Gasteiger partial charge in [0.25, 0.3) is 0 Å². The van der Waals surface area contributed by atoms with Gasteiger partial charge in [-0.25, -0.2) is 0 Å². The number of nitrogens with zero attached hydrogens (tertiary/aromatic N) is 1. The number of carboxylic acid groups (broad SMARTS) is 1. The Labute approximate surface area is 170 Å². The maximum atomic E-state index is 12.0. The van der Waals surface area contributed by atoms with Gasteiger partial charge in [-0.05, 0) is 36.6 Å². The molecule has 1 N–H and O–H groups in total. The van der Waals surface area contributed by atoms with Gasteiger partial charge >= 0.3 is 5.97 Å². The molecule has 0 amide bonds. The van der Waals surface area contributed by atoms with Gasteiger partial charge in [0.1, 0.15) is 24.2 Å². The second-order valence-corrected chi connectivity index (χ2v) is 7.32. The van der Waals surface area contributed by atoms with Gasteiger partial charge in [0.05, 0.1) is 12.3 Å². The summed E-state index contributed by atoms with van der Waals surface area (Å²) in [5.74, 6) is 0.685. The minimum absolute atomic E-state index is 0.307. The molecule has 2 atom stereocenters. The average molecular weight is 391 g/mol.